The highest BCUT2D eigenvalue weighted by molar-refractivity contribution is 7.85. The van der Waals surface area contributed by atoms with Crippen molar-refractivity contribution < 1.29 is 17.5 Å². The van der Waals surface area contributed by atoms with Gasteiger partial charge in [-0.15, -0.1) is 0 Å². The van der Waals surface area contributed by atoms with Crippen molar-refractivity contribution in [1.29, 1.82) is 0 Å². The Bertz CT molecular complexity index is 2570. The molecule has 0 N–H and O–H groups in total. The molecule has 0 saturated heterocycles. The third-order valence-corrected chi connectivity index (χ3v) is 12.5. The Morgan fingerprint density at radius 3 is 2.00 bits per heavy atom. The van der Waals surface area contributed by atoms with Crippen molar-refractivity contribution in [3.63, 3.8) is 0 Å². The molecule has 0 spiro atoms. The number of hydrogen-bond acceptors (Lipinski definition) is 4. The van der Waals surface area contributed by atoms with Crippen molar-refractivity contribution in [2.75, 3.05) is 19.0 Å². The number of hydrogen-bond donors (Lipinski definition) is 0. The lowest BCUT2D eigenvalue weighted by molar-refractivity contribution is -0.401. The van der Waals surface area contributed by atoms with E-state index in [0.717, 1.165) is 23.4 Å². The van der Waals surface area contributed by atoms with E-state index in [1.807, 2.05) is 6.92 Å². The molecule has 0 radical (unpaired) electrons. The molecule has 8 rings (SSSR count). The molecule has 53 heavy (non-hydrogen) atoms. The summed E-state index contributed by atoms with van der Waals surface area (Å²) in [5, 5.41) is 6.15. The minimum absolute atomic E-state index is 0.103. The molecule has 2 heterocycles. The molecule has 5 nitrogen and oxygen atoms in total. The number of anilines is 1. The lowest BCUT2D eigenvalue weighted by atomic mass is 9.79. The van der Waals surface area contributed by atoms with Gasteiger partial charge in [0.2, 0.25) is 5.69 Å². The van der Waals surface area contributed by atoms with Crippen LogP contribution in [-0.2, 0) is 20.9 Å². The van der Waals surface area contributed by atoms with Gasteiger partial charge in [-0.1, -0.05) is 110 Å². The second-order valence-electron chi connectivity index (χ2n) is 15.3. The third-order valence-electron chi connectivity index (χ3n) is 11.2. The summed E-state index contributed by atoms with van der Waals surface area (Å²) in [5.74, 6) is 0. The summed E-state index contributed by atoms with van der Waals surface area (Å²) in [6.45, 7) is 11.2. The van der Waals surface area contributed by atoms with Gasteiger partial charge in [-0.05, 0) is 102 Å². The average Bonchev–Trinajstić information content (AvgIpc) is 3.65. The van der Waals surface area contributed by atoms with Crippen molar-refractivity contribution in [2.24, 2.45) is 0 Å². The summed E-state index contributed by atoms with van der Waals surface area (Å²) in [7, 11) is 0.102. The quantitative estimate of drug-likeness (QED) is 0.136. The van der Waals surface area contributed by atoms with Crippen molar-refractivity contribution in [3.8, 4) is 0 Å². The first-order valence-electron chi connectivity index (χ1n) is 18.0. The molecular weight excluding hydrogens is 696 g/mol. The van der Waals surface area contributed by atoms with E-state index in [0.29, 0.717) is 0 Å². The van der Waals surface area contributed by atoms with E-state index >= 15 is 0 Å². The number of rotatable bonds is 4. The van der Waals surface area contributed by atoms with Crippen LogP contribution in [0.25, 0.3) is 21.5 Å². The maximum atomic E-state index is 10.4. The van der Waals surface area contributed by atoms with E-state index < -0.39 is 10.1 Å². The Balaban J connectivity index is 0.000000341. The Morgan fingerprint density at radius 2 is 1.36 bits per heavy atom. The first-order valence-corrected chi connectivity index (χ1v) is 19.8. The summed E-state index contributed by atoms with van der Waals surface area (Å²) in [6.07, 6.45) is 11.0. The number of fused-ring (bicyclic) bond motifs is 6. The molecule has 0 aromatic heterocycles. The third kappa shape index (κ3) is 6.47. The van der Waals surface area contributed by atoms with Gasteiger partial charge in [-0.3, -0.25) is 0 Å². The van der Waals surface area contributed by atoms with Gasteiger partial charge in [-0.2, -0.15) is 4.58 Å². The molecule has 0 bridgehead atoms. The van der Waals surface area contributed by atoms with Gasteiger partial charge in [0.05, 0.1) is 10.3 Å². The first kappa shape index (κ1) is 36.6. The first-order chi connectivity index (χ1) is 25.1. The van der Waals surface area contributed by atoms with E-state index in [1.54, 1.807) is 12.1 Å². The molecule has 5 aromatic carbocycles. The molecule has 5 aromatic rings. The van der Waals surface area contributed by atoms with Gasteiger partial charge in [0.1, 0.15) is 17.2 Å². The van der Waals surface area contributed by atoms with Crippen molar-refractivity contribution in [2.45, 2.75) is 63.2 Å². The normalized spacial score (nSPS) is 19.2. The van der Waals surface area contributed by atoms with Crippen LogP contribution in [0.4, 0.5) is 11.4 Å². The Morgan fingerprint density at radius 1 is 0.755 bits per heavy atom. The van der Waals surface area contributed by atoms with Gasteiger partial charge in [0, 0.05) is 46.6 Å². The fourth-order valence-corrected chi connectivity index (χ4v) is 9.24. The van der Waals surface area contributed by atoms with Crippen LogP contribution < -0.4 is 4.90 Å². The second kappa shape index (κ2) is 13.6. The molecule has 7 heteroatoms. The van der Waals surface area contributed by atoms with Crippen LogP contribution in [0, 0.1) is 6.92 Å². The van der Waals surface area contributed by atoms with E-state index in [4.69, 9.17) is 11.6 Å². The number of halogens is 1. The number of nitrogens with zero attached hydrogens (tertiary/aromatic N) is 2. The van der Waals surface area contributed by atoms with Gasteiger partial charge in [-0.25, -0.2) is 8.42 Å². The van der Waals surface area contributed by atoms with Crippen LogP contribution in [0.2, 0.25) is 0 Å². The molecule has 0 saturated carbocycles. The Kier molecular flexibility index (Phi) is 9.38. The van der Waals surface area contributed by atoms with Crippen molar-refractivity contribution in [1.82, 2.24) is 0 Å². The molecule has 0 atom stereocenters. The van der Waals surface area contributed by atoms with E-state index in [-0.39, 0.29) is 15.7 Å². The lowest BCUT2D eigenvalue weighted by Gasteiger charge is -2.24. The molecule has 1 aliphatic carbocycles. The number of aryl methyl sites for hydroxylation is 1. The lowest BCUT2D eigenvalue weighted by Crippen LogP contribution is -2.26. The second-order valence-corrected chi connectivity index (χ2v) is 17.1. The number of allylic oxidation sites excluding steroid dienone is 8. The smallest absolute Gasteiger partial charge is 0.210 e. The zero-order chi connectivity index (χ0) is 37.9. The van der Waals surface area contributed by atoms with E-state index in [9.17, 15) is 13.0 Å². The highest BCUT2D eigenvalue weighted by atomic mass is 35.5. The molecule has 0 fully saturated rings. The minimum Gasteiger partial charge on any atom is -0.744 e. The maximum Gasteiger partial charge on any atom is 0.210 e. The zero-order valence-corrected chi connectivity index (χ0v) is 32.9. The fraction of sp³-hybridized carbons (Fsp3) is 0.239. The highest BCUT2D eigenvalue weighted by Crippen LogP contribution is 2.50. The molecule has 0 unspecified atom stereocenters. The van der Waals surface area contributed by atoms with Crippen molar-refractivity contribution >= 4 is 60.4 Å². The van der Waals surface area contributed by atoms with Crippen LogP contribution in [0.5, 0.6) is 0 Å². The monoisotopic (exact) mass is 740 g/mol. The van der Waals surface area contributed by atoms with Crippen LogP contribution in [-0.4, -0.2) is 37.4 Å². The minimum atomic E-state index is -4.27. The summed E-state index contributed by atoms with van der Waals surface area (Å²) in [5.41, 5.74) is 11.1. The maximum absolute atomic E-state index is 10.4. The van der Waals surface area contributed by atoms with Gasteiger partial charge in [0.15, 0.2) is 5.71 Å². The van der Waals surface area contributed by atoms with E-state index in [1.165, 1.54) is 78.7 Å². The van der Waals surface area contributed by atoms with Crippen LogP contribution in [0.3, 0.4) is 0 Å². The predicted octanol–water partition coefficient (Wildman–Crippen LogP) is 11.0. The highest BCUT2D eigenvalue weighted by Gasteiger charge is 2.44. The van der Waals surface area contributed by atoms with Crippen LogP contribution >= 0.6 is 11.6 Å². The standard InChI is InChI=1S/C39H38ClN2.C7H8O3S/c1-38(2)33(41(5)31-21-17-25-11-7-9-13-29(25)35(31)38)23-19-27-15-16-28(37(27)40)20-24-34-39(3,4)36-30-14-10-8-12-26(30)18-22-32(36)42(34)6;1-6-2-4-7(5-3-6)11(8,9)10/h7-14,17-24H,15-16H2,1-6H3;2-5H,1H3,(H,8,9,10)/q+1;/p-1. The fourth-order valence-electron chi connectivity index (χ4n) is 8.46. The topological polar surface area (TPSA) is 63.5 Å². The van der Waals surface area contributed by atoms with Gasteiger partial charge in [0.25, 0.3) is 0 Å². The summed E-state index contributed by atoms with van der Waals surface area (Å²) < 4.78 is 33.5. The van der Waals surface area contributed by atoms with Gasteiger partial charge < -0.3 is 9.45 Å². The predicted molar refractivity (Wildman–Crippen MR) is 220 cm³/mol. The Hall–Kier alpha value is -4.75. The largest absolute Gasteiger partial charge is 0.744 e. The van der Waals surface area contributed by atoms with E-state index in [2.05, 4.69) is 148 Å². The van der Waals surface area contributed by atoms with Gasteiger partial charge >= 0.3 is 0 Å². The molecular formula is C46H45ClN2O3S. The SMILES string of the molecule is CN1C(=CC=C2CCC(C=CC3=[N+](C)c4ccc5ccccc5c4C3(C)C)=C2Cl)C(C)(C)c2c1ccc1ccccc21.Cc1ccc(S(=O)(=O)[O-])cc1. The molecule has 3 aliphatic rings. The van der Waals surface area contributed by atoms with Crippen LogP contribution in [0.15, 0.2) is 148 Å². The number of benzene rings is 5. The summed E-state index contributed by atoms with van der Waals surface area (Å²) >= 11 is 7.06. The Labute approximate surface area is 318 Å². The van der Waals surface area contributed by atoms with Crippen molar-refractivity contribution in [3.05, 3.63) is 160 Å². The van der Waals surface area contributed by atoms with Crippen LogP contribution in [0.1, 0.15) is 57.2 Å². The summed E-state index contributed by atoms with van der Waals surface area (Å²) in [4.78, 5) is 2.17. The summed E-state index contributed by atoms with van der Waals surface area (Å²) in [6, 6.07) is 32.2. The number of likely N-dealkylation sites (N-methyl/N-ethyl adjacent to an activating group) is 1. The molecule has 270 valence electrons. The molecule has 2 aliphatic heterocycles. The average molecular weight is 741 g/mol. The molecule has 0 amide bonds. The zero-order valence-electron chi connectivity index (χ0n) is 31.4.